The molecule has 0 aromatic heterocycles. The fourth-order valence-electron chi connectivity index (χ4n) is 3.57. The van der Waals surface area contributed by atoms with E-state index in [1.165, 1.54) is 0 Å². The molecule has 1 aliphatic rings. The first-order chi connectivity index (χ1) is 12.0. The van der Waals surface area contributed by atoms with E-state index >= 15 is 0 Å². The Morgan fingerprint density at radius 1 is 1.08 bits per heavy atom. The predicted molar refractivity (Wildman–Crippen MR) is 98.1 cm³/mol. The van der Waals surface area contributed by atoms with Gasteiger partial charge in [-0.3, -0.25) is 4.79 Å². The van der Waals surface area contributed by atoms with Gasteiger partial charge >= 0.3 is 0 Å². The Balaban J connectivity index is 2.40. The Labute approximate surface area is 151 Å². The van der Waals surface area contributed by atoms with Crippen molar-refractivity contribution in [3.63, 3.8) is 0 Å². The van der Waals surface area contributed by atoms with Crippen LogP contribution in [0.1, 0.15) is 71.1 Å². The standard InChI is InChI=1S/C20H36O5/c1-15(22)8-7-9-16(23)11-12-18-17(19(24)14-20(18)25)10-5-3-2-4-6-13-21/h11-12,15-18,20-23,25H,2-10,13-14H2,1H3/b12-11+/t15?,16?,17-,18-,20-/m1/s1. The molecule has 5 atom stereocenters. The van der Waals surface area contributed by atoms with Gasteiger partial charge in [0.2, 0.25) is 0 Å². The smallest absolute Gasteiger partial charge is 0.139 e. The van der Waals surface area contributed by atoms with E-state index in [1.54, 1.807) is 13.0 Å². The Morgan fingerprint density at radius 3 is 2.44 bits per heavy atom. The van der Waals surface area contributed by atoms with Crippen LogP contribution in [0.2, 0.25) is 0 Å². The molecule has 0 radical (unpaired) electrons. The normalized spacial score (nSPS) is 26.4. The molecule has 2 unspecified atom stereocenters. The summed E-state index contributed by atoms with van der Waals surface area (Å²) in [5.41, 5.74) is 0. The van der Waals surface area contributed by atoms with Crippen molar-refractivity contribution < 1.29 is 25.2 Å². The summed E-state index contributed by atoms with van der Waals surface area (Å²) in [6, 6.07) is 0. The maximum Gasteiger partial charge on any atom is 0.139 e. The Kier molecular flexibility index (Phi) is 11.2. The topological polar surface area (TPSA) is 98.0 Å². The molecule has 1 fully saturated rings. The number of carbonyl (C=O) groups excluding carboxylic acids is 1. The first-order valence-corrected chi connectivity index (χ1v) is 9.81. The minimum atomic E-state index is -0.646. The van der Waals surface area contributed by atoms with E-state index in [-0.39, 0.29) is 36.8 Å². The van der Waals surface area contributed by atoms with E-state index in [0.29, 0.717) is 12.8 Å². The molecule has 0 aliphatic heterocycles. The van der Waals surface area contributed by atoms with Crippen molar-refractivity contribution in [2.45, 2.75) is 89.4 Å². The lowest BCUT2D eigenvalue weighted by atomic mass is 9.88. The third-order valence-electron chi connectivity index (χ3n) is 5.08. The molecule has 0 aromatic carbocycles. The van der Waals surface area contributed by atoms with E-state index in [1.807, 2.05) is 6.08 Å². The SMILES string of the molecule is CC(O)CCCC(O)/C=C/[C@H]1[C@H](O)CC(=O)[C@@H]1CCCCCCCO. The lowest BCUT2D eigenvalue weighted by molar-refractivity contribution is -0.121. The Hall–Kier alpha value is -0.750. The van der Waals surface area contributed by atoms with Gasteiger partial charge < -0.3 is 20.4 Å². The lowest BCUT2D eigenvalue weighted by Gasteiger charge is -2.18. The van der Waals surface area contributed by atoms with Gasteiger partial charge in [-0.1, -0.05) is 37.8 Å². The van der Waals surface area contributed by atoms with Crippen LogP contribution >= 0.6 is 0 Å². The number of rotatable bonds is 13. The summed E-state index contributed by atoms with van der Waals surface area (Å²) in [6.45, 7) is 1.97. The molecular weight excluding hydrogens is 320 g/mol. The summed E-state index contributed by atoms with van der Waals surface area (Å²) < 4.78 is 0. The molecule has 1 saturated carbocycles. The maximum absolute atomic E-state index is 12.1. The lowest BCUT2D eigenvalue weighted by Crippen LogP contribution is -2.19. The summed E-state index contributed by atoms with van der Waals surface area (Å²) >= 11 is 0. The van der Waals surface area contributed by atoms with E-state index in [9.17, 15) is 20.1 Å². The van der Waals surface area contributed by atoms with Gasteiger partial charge in [-0.25, -0.2) is 0 Å². The van der Waals surface area contributed by atoms with Crippen molar-refractivity contribution in [2.24, 2.45) is 11.8 Å². The molecule has 5 heteroatoms. The van der Waals surface area contributed by atoms with Crippen molar-refractivity contribution in [1.29, 1.82) is 0 Å². The van der Waals surface area contributed by atoms with E-state index in [0.717, 1.165) is 44.9 Å². The second kappa shape index (κ2) is 12.6. The Bertz CT molecular complexity index is 394. The second-order valence-electron chi connectivity index (χ2n) is 7.43. The quantitative estimate of drug-likeness (QED) is 0.300. The van der Waals surface area contributed by atoms with Crippen LogP contribution in [0.25, 0.3) is 0 Å². The number of unbranched alkanes of at least 4 members (excludes halogenated alkanes) is 4. The number of Topliss-reactive ketones (excluding diaryl/α,β-unsaturated/α-hetero) is 1. The molecule has 5 nitrogen and oxygen atoms in total. The largest absolute Gasteiger partial charge is 0.396 e. The van der Waals surface area contributed by atoms with Crippen LogP contribution in [0.4, 0.5) is 0 Å². The molecule has 1 rings (SSSR count). The van der Waals surface area contributed by atoms with Crippen molar-refractivity contribution in [1.82, 2.24) is 0 Å². The van der Waals surface area contributed by atoms with Crippen LogP contribution in [0.3, 0.4) is 0 Å². The Morgan fingerprint density at radius 2 is 1.76 bits per heavy atom. The van der Waals surface area contributed by atoms with Gasteiger partial charge in [0.15, 0.2) is 0 Å². The van der Waals surface area contributed by atoms with Gasteiger partial charge in [-0.2, -0.15) is 0 Å². The first kappa shape index (κ1) is 22.3. The number of hydrogen-bond donors (Lipinski definition) is 4. The highest BCUT2D eigenvalue weighted by Crippen LogP contribution is 2.34. The van der Waals surface area contributed by atoms with Crippen LogP contribution in [0.15, 0.2) is 12.2 Å². The summed E-state index contributed by atoms with van der Waals surface area (Å²) in [7, 11) is 0. The van der Waals surface area contributed by atoms with Crippen LogP contribution in [0, 0.1) is 11.8 Å². The van der Waals surface area contributed by atoms with Crippen LogP contribution in [0.5, 0.6) is 0 Å². The van der Waals surface area contributed by atoms with Gasteiger partial charge in [0, 0.05) is 24.9 Å². The molecule has 0 amide bonds. The van der Waals surface area contributed by atoms with Gasteiger partial charge in [0.1, 0.15) is 5.78 Å². The molecule has 0 saturated heterocycles. The van der Waals surface area contributed by atoms with E-state index < -0.39 is 12.2 Å². The number of ketones is 1. The molecule has 0 aromatic rings. The summed E-state index contributed by atoms with van der Waals surface area (Å²) in [5.74, 6) is -0.216. The number of aliphatic hydroxyl groups is 4. The zero-order valence-electron chi connectivity index (χ0n) is 15.5. The first-order valence-electron chi connectivity index (χ1n) is 9.81. The summed E-state index contributed by atoms with van der Waals surface area (Å²) in [6.07, 6.45) is 9.79. The third kappa shape index (κ3) is 8.95. The minimum Gasteiger partial charge on any atom is -0.396 e. The monoisotopic (exact) mass is 356 g/mol. The number of aliphatic hydroxyl groups excluding tert-OH is 4. The highest BCUT2D eigenvalue weighted by atomic mass is 16.3. The molecule has 146 valence electrons. The number of hydrogen-bond acceptors (Lipinski definition) is 5. The van der Waals surface area contributed by atoms with Crippen LogP contribution in [-0.2, 0) is 4.79 Å². The minimum absolute atomic E-state index is 0.126. The third-order valence-corrected chi connectivity index (χ3v) is 5.08. The van der Waals surface area contributed by atoms with Gasteiger partial charge in [-0.15, -0.1) is 0 Å². The van der Waals surface area contributed by atoms with Crippen molar-refractivity contribution in [3.8, 4) is 0 Å². The molecule has 0 spiro atoms. The molecular formula is C20H36O5. The predicted octanol–water partition coefficient (Wildman–Crippen LogP) is 2.35. The van der Waals surface area contributed by atoms with Gasteiger partial charge in [-0.05, 0) is 39.0 Å². The van der Waals surface area contributed by atoms with Crippen molar-refractivity contribution in [3.05, 3.63) is 12.2 Å². The highest BCUT2D eigenvalue weighted by Gasteiger charge is 2.39. The second-order valence-corrected chi connectivity index (χ2v) is 7.43. The summed E-state index contributed by atoms with van der Waals surface area (Å²) in [5, 5.41) is 38.2. The molecule has 1 aliphatic carbocycles. The molecule has 0 heterocycles. The van der Waals surface area contributed by atoms with Crippen LogP contribution < -0.4 is 0 Å². The maximum atomic E-state index is 12.1. The van der Waals surface area contributed by atoms with Gasteiger partial charge in [0.25, 0.3) is 0 Å². The number of carbonyl (C=O) groups is 1. The molecule has 4 N–H and O–H groups in total. The van der Waals surface area contributed by atoms with Crippen molar-refractivity contribution in [2.75, 3.05) is 6.61 Å². The zero-order chi connectivity index (χ0) is 18.7. The molecule has 25 heavy (non-hydrogen) atoms. The zero-order valence-corrected chi connectivity index (χ0v) is 15.5. The van der Waals surface area contributed by atoms with Crippen molar-refractivity contribution >= 4 is 5.78 Å². The van der Waals surface area contributed by atoms with E-state index in [2.05, 4.69) is 0 Å². The average molecular weight is 357 g/mol. The van der Waals surface area contributed by atoms with Gasteiger partial charge in [0.05, 0.1) is 18.3 Å². The van der Waals surface area contributed by atoms with Crippen LogP contribution in [-0.4, -0.2) is 51.1 Å². The average Bonchev–Trinajstić information content (AvgIpc) is 2.81. The molecule has 0 bridgehead atoms. The highest BCUT2D eigenvalue weighted by molar-refractivity contribution is 5.84. The fraction of sp³-hybridized carbons (Fsp3) is 0.850. The fourth-order valence-corrected chi connectivity index (χ4v) is 3.57. The van der Waals surface area contributed by atoms with E-state index in [4.69, 9.17) is 5.11 Å². The summed E-state index contributed by atoms with van der Waals surface area (Å²) in [4.78, 5) is 12.1.